The fraction of sp³-hybridized carbons (Fsp3) is 0.357. The van der Waals surface area contributed by atoms with Gasteiger partial charge in [-0.2, -0.15) is 0 Å². The fourth-order valence-electron chi connectivity index (χ4n) is 1.66. The Morgan fingerprint density at radius 3 is 2.86 bits per heavy atom. The first-order chi connectivity index (χ1) is 10.5. The zero-order chi connectivity index (χ0) is 16.1. The molecule has 116 valence electrons. The second-order valence-corrected chi connectivity index (χ2v) is 4.93. The number of aromatic amines is 1. The third kappa shape index (κ3) is 3.46. The summed E-state index contributed by atoms with van der Waals surface area (Å²) in [4.78, 5) is 38.1. The van der Waals surface area contributed by atoms with Gasteiger partial charge >= 0.3 is 0 Å². The summed E-state index contributed by atoms with van der Waals surface area (Å²) in [5.74, 6) is -0.958. The summed E-state index contributed by atoms with van der Waals surface area (Å²) in [5.41, 5.74) is -0.826. The molecule has 2 heterocycles. The lowest BCUT2D eigenvalue weighted by atomic mass is 10.1. The standard InChI is InChI=1S/C14H17N5O3/c1-3-8(2)6-17-13(21)10-11(20)14(22)19-12(18-10)9-7-15-4-5-16-9/h4-5,7-8,20H,3,6H2,1-2H3,(H,17,21)(H,18,19,22). The predicted molar refractivity (Wildman–Crippen MR) is 79.3 cm³/mol. The van der Waals surface area contributed by atoms with E-state index in [0.29, 0.717) is 12.2 Å². The molecule has 8 nitrogen and oxygen atoms in total. The highest BCUT2D eigenvalue weighted by molar-refractivity contribution is 5.95. The predicted octanol–water partition coefficient (Wildman–Crippen LogP) is 0.708. The minimum Gasteiger partial charge on any atom is -0.501 e. The van der Waals surface area contributed by atoms with Crippen LogP contribution in [0.25, 0.3) is 11.5 Å². The summed E-state index contributed by atoms with van der Waals surface area (Å²) < 4.78 is 0. The molecule has 0 aliphatic heterocycles. The summed E-state index contributed by atoms with van der Waals surface area (Å²) in [7, 11) is 0. The van der Waals surface area contributed by atoms with E-state index >= 15 is 0 Å². The second kappa shape index (κ2) is 6.79. The molecule has 8 heteroatoms. The van der Waals surface area contributed by atoms with Crippen LogP contribution in [-0.2, 0) is 0 Å². The molecule has 0 bridgehead atoms. The zero-order valence-corrected chi connectivity index (χ0v) is 12.3. The van der Waals surface area contributed by atoms with Gasteiger partial charge in [-0.25, -0.2) is 9.97 Å². The Labute approximate surface area is 126 Å². The van der Waals surface area contributed by atoms with E-state index in [2.05, 4.69) is 25.3 Å². The SMILES string of the molecule is CCC(C)CNC(=O)c1nc(-c2cnccn2)[nH]c(=O)c1O. The van der Waals surface area contributed by atoms with Crippen molar-refractivity contribution >= 4 is 5.91 Å². The number of aromatic nitrogens is 4. The van der Waals surface area contributed by atoms with Crippen LogP contribution in [0.15, 0.2) is 23.4 Å². The zero-order valence-electron chi connectivity index (χ0n) is 12.3. The van der Waals surface area contributed by atoms with E-state index in [1.807, 2.05) is 13.8 Å². The molecule has 0 saturated carbocycles. The van der Waals surface area contributed by atoms with Crippen LogP contribution in [-0.4, -0.2) is 37.5 Å². The number of hydrogen-bond acceptors (Lipinski definition) is 6. The Balaban J connectivity index is 2.33. The van der Waals surface area contributed by atoms with Crippen LogP contribution in [0.5, 0.6) is 5.75 Å². The van der Waals surface area contributed by atoms with Gasteiger partial charge in [0.25, 0.3) is 11.5 Å². The minimum absolute atomic E-state index is 0.0737. The molecule has 2 aromatic rings. The van der Waals surface area contributed by atoms with Gasteiger partial charge in [0.1, 0.15) is 5.69 Å². The Morgan fingerprint density at radius 2 is 2.23 bits per heavy atom. The highest BCUT2D eigenvalue weighted by atomic mass is 16.3. The largest absolute Gasteiger partial charge is 0.501 e. The quantitative estimate of drug-likeness (QED) is 0.748. The first kappa shape index (κ1) is 15.6. The number of carbonyl (C=O) groups is 1. The number of carbonyl (C=O) groups excluding carboxylic acids is 1. The Bertz CT molecular complexity index is 714. The average Bonchev–Trinajstić information content (AvgIpc) is 2.55. The van der Waals surface area contributed by atoms with E-state index in [-0.39, 0.29) is 17.4 Å². The molecule has 0 saturated heterocycles. The van der Waals surface area contributed by atoms with Gasteiger partial charge in [0, 0.05) is 18.9 Å². The van der Waals surface area contributed by atoms with Crippen molar-refractivity contribution in [1.29, 1.82) is 0 Å². The molecule has 3 N–H and O–H groups in total. The molecule has 0 aromatic carbocycles. The summed E-state index contributed by atoms with van der Waals surface area (Å²) in [5, 5.41) is 12.4. The molecular formula is C14H17N5O3. The minimum atomic E-state index is -0.802. The van der Waals surface area contributed by atoms with Crippen LogP contribution in [0.2, 0.25) is 0 Å². The Hall–Kier alpha value is -2.77. The maximum atomic E-state index is 12.1. The second-order valence-electron chi connectivity index (χ2n) is 4.93. The molecule has 1 amide bonds. The Kier molecular flexibility index (Phi) is 4.82. The van der Waals surface area contributed by atoms with Gasteiger partial charge in [-0.15, -0.1) is 0 Å². The summed E-state index contributed by atoms with van der Waals surface area (Å²) >= 11 is 0. The number of nitrogens with one attached hydrogen (secondary N) is 2. The molecule has 2 rings (SSSR count). The summed E-state index contributed by atoms with van der Waals surface area (Å²) in [6, 6.07) is 0. The molecule has 1 atom stereocenters. The van der Waals surface area contributed by atoms with Crippen molar-refractivity contribution in [3.05, 3.63) is 34.6 Å². The highest BCUT2D eigenvalue weighted by Gasteiger charge is 2.19. The number of amides is 1. The van der Waals surface area contributed by atoms with Crippen LogP contribution in [0.1, 0.15) is 30.8 Å². The number of H-pyrrole nitrogens is 1. The van der Waals surface area contributed by atoms with E-state index in [1.165, 1.54) is 18.6 Å². The van der Waals surface area contributed by atoms with Crippen molar-refractivity contribution in [3.8, 4) is 17.3 Å². The lowest BCUT2D eigenvalue weighted by Crippen LogP contribution is -2.30. The van der Waals surface area contributed by atoms with Crippen LogP contribution in [0.4, 0.5) is 0 Å². The first-order valence-corrected chi connectivity index (χ1v) is 6.90. The molecular weight excluding hydrogens is 286 g/mol. The molecule has 22 heavy (non-hydrogen) atoms. The van der Waals surface area contributed by atoms with Crippen molar-refractivity contribution in [3.63, 3.8) is 0 Å². The third-order valence-electron chi connectivity index (χ3n) is 3.22. The lowest BCUT2D eigenvalue weighted by molar-refractivity contribution is 0.0939. The molecule has 0 radical (unpaired) electrons. The Morgan fingerprint density at radius 1 is 1.45 bits per heavy atom. The molecule has 0 aliphatic carbocycles. The number of nitrogens with zero attached hydrogens (tertiary/aromatic N) is 3. The number of rotatable bonds is 5. The van der Waals surface area contributed by atoms with E-state index in [1.54, 1.807) is 0 Å². The summed E-state index contributed by atoms with van der Waals surface area (Å²) in [6.45, 7) is 4.42. The lowest BCUT2D eigenvalue weighted by Gasteiger charge is -2.10. The van der Waals surface area contributed by atoms with Crippen LogP contribution in [0.3, 0.4) is 0 Å². The van der Waals surface area contributed by atoms with Gasteiger partial charge in [0.2, 0.25) is 5.75 Å². The number of aromatic hydroxyl groups is 1. The van der Waals surface area contributed by atoms with Crippen molar-refractivity contribution < 1.29 is 9.90 Å². The number of hydrogen-bond donors (Lipinski definition) is 3. The third-order valence-corrected chi connectivity index (χ3v) is 3.22. The van der Waals surface area contributed by atoms with Crippen molar-refractivity contribution in [2.24, 2.45) is 5.92 Å². The van der Waals surface area contributed by atoms with Gasteiger partial charge in [0.05, 0.1) is 6.20 Å². The molecule has 0 spiro atoms. The van der Waals surface area contributed by atoms with E-state index < -0.39 is 17.2 Å². The smallest absolute Gasteiger partial charge is 0.294 e. The first-order valence-electron chi connectivity index (χ1n) is 6.90. The van der Waals surface area contributed by atoms with E-state index in [9.17, 15) is 14.7 Å². The van der Waals surface area contributed by atoms with Gasteiger partial charge in [0.15, 0.2) is 11.5 Å². The van der Waals surface area contributed by atoms with Gasteiger partial charge in [-0.05, 0) is 5.92 Å². The highest BCUT2D eigenvalue weighted by Crippen LogP contribution is 2.14. The topological polar surface area (TPSA) is 121 Å². The van der Waals surface area contributed by atoms with Crippen molar-refractivity contribution in [2.75, 3.05) is 6.54 Å². The molecule has 0 fully saturated rings. The van der Waals surface area contributed by atoms with Gasteiger partial charge in [-0.3, -0.25) is 14.6 Å². The maximum Gasteiger partial charge on any atom is 0.294 e. The van der Waals surface area contributed by atoms with Crippen LogP contribution >= 0.6 is 0 Å². The van der Waals surface area contributed by atoms with Crippen molar-refractivity contribution in [2.45, 2.75) is 20.3 Å². The normalized spacial score (nSPS) is 11.9. The summed E-state index contributed by atoms with van der Waals surface area (Å²) in [6.07, 6.45) is 5.21. The van der Waals surface area contributed by atoms with E-state index in [4.69, 9.17) is 0 Å². The molecule has 2 aromatic heterocycles. The fourth-order valence-corrected chi connectivity index (χ4v) is 1.66. The molecule has 0 aliphatic rings. The maximum absolute atomic E-state index is 12.1. The average molecular weight is 303 g/mol. The van der Waals surface area contributed by atoms with Crippen molar-refractivity contribution in [1.82, 2.24) is 25.3 Å². The van der Waals surface area contributed by atoms with Gasteiger partial charge < -0.3 is 15.4 Å². The molecule has 1 unspecified atom stereocenters. The van der Waals surface area contributed by atoms with Crippen LogP contribution in [0, 0.1) is 5.92 Å². The van der Waals surface area contributed by atoms with Crippen LogP contribution < -0.4 is 10.9 Å². The van der Waals surface area contributed by atoms with Gasteiger partial charge in [-0.1, -0.05) is 20.3 Å². The monoisotopic (exact) mass is 303 g/mol. The van der Waals surface area contributed by atoms with E-state index in [0.717, 1.165) is 6.42 Å².